The van der Waals surface area contributed by atoms with Crippen LogP contribution >= 0.6 is 11.3 Å². The Morgan fingerprint density at radius 1 is 1.53 bits per heavy atom. The summed E-state index contributed by atoms with van der Waals surface area (Å²) in [6.45, 7) is 0. The summed E-state index contributed by atoms with van der Waals surface area (Å²) in [6, 6.07) is 1.72. The Morgan fingerprint density at radius 2 is 2.41 bits per heavy atom. The number of aryl methyl sites for hydroxylation is 1. The molecule has 3 heterocycles. The summed E-state index contributed by atoms with van der Waals surface area (Å²) in [5.74, 6) is 0.0377. The number of thiazole rings is 1. The van der Waals surface area contributed by atoms with Crippen LogP contribution in [0.3, 0.4) is 0 Å². The summed E-state index contributed by atoms with van der Waals surface area (Å²) >= 11 is 1.56. The van der Waals surface area contributed by atoms with E-state index < -0.39 is 0 Å². The molecule has 0 unspecified atom stereocenters. The van der Waals surface area contributed by atoms with Crippen molar-refractivity contribution in [2.24, 2.45) is 7.05 Å². The minimum atomic E-state index is 0.0377. The number of carbonyl (C=O) groups is 1. The highest BCUT2D eigenvalue weighted by Crippen LogP contribution is 2.13. The third kappa shape index (κ3) is 1.76. The maximum absolute atomic E-state index is 12.0. The van der Waals surface area contributed by atoms with Crippen LogP contribution in [0.15, 0.2) is 30.0 Å². The van der Waals surface area contributed by atoms with E-state index in [4.69, 9.17) is 0 Å². The normalized spacial score (nSPS) is 11.1. The second kappa shape index (κ2) is 3.81. The summed E-state index contributed by atoms with van der Waals surface area (Å²) in [4.78, 5) is 17.3. The van der Waals surface area contributed by atoms with Crippen molar-refractivity contribution in [2.75, 3.05) is 0 Å². The number of aromatic nitrogens is 4. The van der Waals surface area contributed by atoms with Crippen molar-refractivity contribution >= 4 is 22.1 Å². The van der Waals surface area contributed by atoms with Gasteiger partial charge in [0.15, 0.2) is 10.7 Å². The van der Waals surface area contributed by atoms with Gasteiger partial charge in [0.25, 0.3) is 0 Å². The van der Waals surface area contributed by atoms with Gasteiger partial charge in [-0.3, -0.25) is 13.9 Å². The highest BCUT2D eigenvalue weighted by molar-refractivity contribution is 7.15. The summed E-state index contributed by atoms with van der Waals surface area (Å²) in [6.07, 6.45) is 5.76. The fourth-order valence-corrected chi connectivity index (χ4v) is 2.48. The predicted octanol–water partition coefficient (Wildman–Crippen LogP) is 1.55. The quantitative estimate of drug-likeness (QED) is 0.659. The maximum atomic E-state index is 12.0. The average Bonchev–Trinajstić information content (AvgIpc) is 2.92. The van der Waals surface area contributed by atoms with E-state index in [9.17, 15) is 4.79 Å². The van der Waals surface area contributed by atoms with E-state index in [0.717, 1.165) is 10.7 Å². The van der Waals surface area contributed by atoms with Gasteiger partial charge in [-0.2, -0.15) is 5.10 Å². The molecule has 0 aliphatic heterocycles. The highest BCUT2D eigenvalue weighted by atomic mass is 32.1. The molecule has 0 fully saturated rings. The molecule has 5 nitrogen and oxygen atoms in total. The van der Waals surface area contributed by atoms with Crippen molar-refractivity contribution in [3.63, 3.8) is 0 Å². The Morgan fingerprint density at radius 3 is 3.12 bits per heavy atom. The number of nitrogens with zero attached hydrogens (tertiary/aromatic N) is 4. The molecular weight excluding hydrogens is 236 g/mol. The van der Waals surface area contributed by atoms with Crippen LogP contribution in [0, 0.1) is 0 Å². The van der Waals surface area contributed by atoms with Gasteiger partial charge in [-0.05, 0) is 6.07 Å². The smallest absolute Gasteiger partial charge is 0.193 e. The molecule has 0 saturated carbocycles. The molecule has 0 saturated heterocycles. The zero-order valence-electron chi connectivity index (χ0n) is 9.20. The minimum Gasteiger partial charge on any atom is -0.297 e. The van der Waals surface area contributed by atoms with Crippen molar-refractivity contribution in [3.05, 3.63) is 41.4 Å². The lowest BCUT2D eigenvalue weighted by atomic mass is 10.2. The van der Waals surface area contributed by atoms with E-state index in [2.05, 4.69) is 10.1 Å². The number of hydrogen-bond donors (Lipinski definition) is 0. The lowest BCUT2D eigenvalue weighted by molar-refractivity contribution is 0.0983. The number of rotatable bonds is 3. The highest BCUT2D eigenvalue weighted by Gasteiger charge is 2.13. The molecule has 0 aliphatic rings. The maximum Gasteiger partial charge on any atom is 0.193 e. The van der Waals surface area contributed by atoms with Crippen molar-refractivity contribution in [3.8, 4) is 0 Å². The monoisotopic (exact) mass is 246 g/mol. The molecule has 3 aromatic heterocycles. The Balaban J connectivity index is 1.86. The average molecular weight is 246 g/mol. The molecule has 0 aromatic carbocycles. The molecule has 0 N–H and O–H groups in total. The number of Topliss-reactive ketones (excluding diaryl/α,β-unsaturated/α-hetero) is 1. The molecule has 0 spiro atoms. The van der Waals surface area contributed by atoms with Gasteiger partial charge in [0.05, 0.1) is 12.1 Å². The zero-order valence-corrected chi connectivity index (χ0v) is 10.0. The Labute approximate surface area is 101 Å². The lowest BCUT2D eigenvalue weighted by Crippen LogP contribution is -2.09. The molecule has 0 bridgehead atoms. The molecule has 3 rings (SSSR count). The predicted molar refractivity (Wildman–Crippen MR) is 64.3 cm³/mol. The second-order valence-electron chi connectivity index (χ2n) is 3.77. The number of carbonyl (C=O) groups excluding carboxylic acids is 1. The summed E-state index contributed by atoms with van der Waals surface area (Å²) in [5.41, 5.74) is 1.41. The van der Waals surface area contributed by atoms with E-state index in [1.807, 2.05) is 22.2 Å². The van der Waals surface area contributed by atoms with Crippen molar-refractivity contribution in [1.29, 1.82) is 0 Å². The van der Waals surface area contributed by atoms with Crippen LogP contribution in [0.5, 0.6) is 0 Å². The molecule has 0 amide bonds. The van der Waals surface area contributed by atoms with Crippen LogP contribution in [0.25, 0.3) is 4.96 Å². The van der Waals surface area contributed by atoms with E-state index in [1.54, 1.807) is 35.3 Å². The fourth-order valence-electron chi connectivity index (χ4n) is 1.76. The molecule has 17 heavy (non-hydrogen) atoms. The molecule has 0 radical (unpaired) electrons. The van der Waals surface area contributed by atoms with Gasteiger partial charge in [-0.15, -0.1) is 11.3 Å². The van der Waals surface area contributed by atoms with Gasteiger partial charge in [-0.1, -0.05) is 0 Å². The van der Waals surface area contributed by atoms with Gasteiger partial charge in [0.1, 0.15) is 5.69 Å². The van der Waals surface area contributed by atoms with Crippen LogP contribution in [-0.4, -0.2) is 24.9 Å². The summed E-state index contributed by atoms with van der Waals surface area (Å²) < 4.78 is 3.51. The van der Waals surface area contributed by atoms with Gasteiger partial charge < -0.3 is 0 Å². The number of ketones is 1. The first-order valence-corrected chi connectivity index (χ1v) is 6.04. The van der Waals surface area contributed by atoms with Crippen molar-refractivity contribution in [2.45, 2.75) is 6.42 Å². The number of fused-ring (bicyclic) bond motifs is 1. The SMILES string of the molecule is Cn1nccc1C(=O)Cc1cn2ccsc2n1. The Hall–Kier alpha value is -1.95. The first kappa shape index (κ1) is 10.2. The number of hydrogen-bond acceptors (Lipinski definition) is 4. The van der Waals surface area contributed by atoms with Crippen LogP contribution in [0.1, 0.15) is 16.2 Å². The van der Waals surface area contributed by atoms with Gasteiger partial charge >= 0.3 is 0 Å². The third-order valence-electron chi connectivity index (χ3n) is 2.59. The molecule has 86 valence electrons. The van der Waals surface area contributed by atoms with Crippen molar-refractivity contribution < 1.29 is 4.79 Å². The summed E-state index contributed by atoms with van der Waals surface area (Å²) in [5, 5.41) is 5.95. The molecular formula is C11H10N4OS. The Kier molecular flexibility index (Phi) is 2.29. The van der Waals surface area contributed by atoms with Crippen LogP contribution < -0.4 is 0 Å². The largest absolute Gasteiger partial charge is 0.297 e. The van der Waals surface area contributed by atoms with E-state index in [-0.39, 0.29) is 5.78 Å². The van der Waals surface area contributed by atoms with Crippen LogP contribution in [0.2, 0.25) is 0 Å². The second-order valence-corrected chi connectivity index (χ2v) is 4.64. The molecule has 3 aromatic rings. The summed E-state index contributed by atoms with van der Waals surface area (Å²) in [7, 11) is 1.76. The van der Waals surface area contributed by atoms with Crippen LogP contribution in [0.4, 0.5) is 0 Å². The molecule has 6 heteroatoms. The minimum absolute atomic E-state index is 0.0377. The van der Waals surface area contributed by atoms with Gasteiger partial charge in [0.2, 0.25) is 0 Å². The lowest BCUT2D eigenvalue weighted by Gasteiger charge is -1.98. The standard InChI is InChI=1S/C11H10N4OS/c1-14-9(2-3-12-14)10(16)6-8-7-15-4-5-17-11(15)13-8/h2-5,7H,6H2,1H3. The molecule has 0 atom stereocenters. The Bertz CT molecular complexity index is 650. The topological polar surface area (TPSA) is 52.2 Å². The van der Waals surface area contributed by atoms with E-state index in [1.165, 1.54) is 0 Å². The van der Waals surface area contributed by atoms with E-state index >= 15 is 0 Å². The fraction of sp³-hybridized carbons (Fsp3) is 0.182. The van der Waals surface area contributed by atoms with Gasteiger partial charge in [0, 0.05) is 31.0 Å². The van der Waals surface area contributed by atoms with Crippen molar-refractivity contribution in [1.82, 2.24) is 19.2 Å². The van der Waals surface area contributed by atoms with Gasteiger partial charge in [-0.25, -0.2) is 4.98 Å². The van der Waals surface area contributed by atoms with Crippen LogP contribution in [-0.2, 0) is 13.5 Å². The zero-order chi connectivity index (χ0) is 11.8. The first-order valence-electron chi connectivity index (χ1n) is 5.16. The third-order valence-corrected chi connectivity index (χ3v) is 3.36. The molecule has 0 aliphatic carbocycles. The first-order chi connectivity index (χ1) is 8.24. The van der Waals surface area contributed by atoms with E-state index in [0.29, 0.717) is 12.1 Å². The number of imidazole rings is 1.